The number of anilines is 1. The second-order valence-corrected chi connectivity index (χ2v) is 9.19. The molecule has 0 aliphatic heterocycles. The zero-order chi connectivity index (χ0) is 22.6. The largest absolute Gasteiger partial charge is 0.481 e. The third kappa shape index (κ3) is 5.43. The van der Waals surface area contributed by atoms with Crippen LogP contribution in [0.1, 0.15) is 18.3 Å². The number of carbonyl (C=O) groups is 1. The zero-order valence-corrected chi connectivity index (χ0v) is 18.8. The van der Waals surface area contributed by atoms with Crippen molar-refractivity contribution in [3.63, 3.8) is 0 Å². The van der Waals surface area contributed by atoms with E-state index in [2.05, 4.69) is 10.3 Å². The lowest BCUT2D eigenvalue weighted by atomic mass is 10.1. The molecule has 0 aliphatic carbocycles. The molecule has 1 N–H and O–H groups in total. The van der Waals surface area contributed by atoms with Crippen molar-refractivity contribution in [1.29, 1.82) is 0 Å². The predicted molar refractivity (Wildman–Crippen MR) is 120 cm³/mol. The number of aromatic nitrogens is 2. The van der Waals surface area contributed by atoms with Gasteiger partial charge in [-0.2, -0.15) is 0 Å². The maximum absolute atomic E-state index is 12.5. The molecule has 0 radical (unpaired) electrons. The molecule has 0 saturated heterocycles. The topological polar surface area (TPSA) is 93.5 Å². The van der Waals surface area contributed by atoms with Crippen LogP contribution in [-0.4, -0.2) is 43.3 Å². The van der Waals surface area contributed by atoms with Crippen molar-refractivity contribution < 1.29 is 17.9 Å². The summed E-state index contributed by atoms with van der Waals surface area (Å²) in [5, 5.41) is 2.91. The number of ether oxygens (including phenoxy) is 1. The summed E-state index contributed by atoms with van der Waals surface area (Å²) >= 11 is 0. The maximum Gasteiger partial charge on any atom is 0.261 e. The molecule has 2 aromatic carbocycles. The van der Waals surface area contributed by atoms with E-state index in [9.17, 15) is 13.2 Å². The van der Waals surface area contributed by atoms with Crippen molar-refractivity contribution in [1.82, 2.24) is 14.9 Å². The summed E-state index contributed by atoms with van der Waals surface area (Å²) in [5.41, 5.74) is 2.42. The molecule has 1 amide bonds. The first kappa shape index (κ1) is 22.4. The average Bonchev–Trinajstić information content (AvgIpc) is 3.17. The SMILES string of the molecule is Cc1nccn1-c1ccccc1CNC(=O)C(C)Oc1ccc(N(C)S(C)(=O)=O)cc1. The van der Waals surface area contributed by atoms with Crippen LogP contribution in [0.5, 0.6) is 5.75 Å². The Balaban J connectivity index is 1.62. The highest BCUT2D eigenvalue weighted by Crippen LogP contribution is 2.21. The fourth-order valence-corrected chi connectivity index (χ4v) is 3.54. The normalized spacial score (nSPS) is 12.3. The summed E-state index contributed by atoms with van der Waals surface area (Å²) in [7, 11) is -1.86. The minimum atomic E-state index is -3.34. The standard InChI is InChI=1S/C22H26N4O4S/c1-16(30-20-11-9-19(10-12-20)25(3)31(4,28)29)22(27)24-15-18-7-5-6-8-21(18)26-14-13-23-17(26)2/h5-14,16H,15H2,1-4H3,(H,24,27). The van der Waals surface area contributed by atoms with Gasteiger partial charge < -0.3 is 14.6 Å². The lowest BCUT2D eigenvalue weighted by Gasteiger charge is -2.18. The molecule has 0 spiro atoms. The van der Waals surface area contributed by atoms with Crippen LogP contribution in [-0.2, 0) is 21.4 Å². The minimum absolute atomic E-state index is 0.255. The number of nitrogens with zero attached hydrogens (tertiary/aromatic N) is 3. The lowest BCUT2D eigenvalue weighted by Crippen LogP contribution is -2.36. The molecule has 164 valence electrons. The van der Waals surface area contributed by atoms with Gasteiger partial charge in [-0.3, -0.25) is 9.10 Å². The molecule has 1 atom stereocenters. The summed E-state index contributed by atoms with van der Waals surface area (Å²) in [6.45, 7) is 3.93. The van der Waals surface area contributed by atoms with E-state index in [1.165, 1.54) is 11.4 Å². The summed E-state index contributed by atoms with van der Waals surface area (Å²) in [4.78, 5) is 16.8. The summed E-state index contributed by atoms with van der Waals surface area (Å²) in [6.07, 6.45) is 4.03. The Morgan fingerprint density at radius 1 is 1.19 bits per heavy atom. The second kappa shape index (κ2) is 9.22. The number of amides is 1. The van der Waals surface area contributed by atoms with Crippen LogP contribution in [0.2, 0.25) is 0 Å². The summed E-state index contributed by atoms with van der Waals surface area (Å²) < 4.78 is 32.1. The van der Waals surface area contributed by atoms with Crippen LogP contribution in [0, 0.1) is 6.92 Å². The number of hydrogen-bond donors (Lipinski definition) is 1. The predicted octanol–water partition coefficient (Wildman–Crippen LogP) is 2.66. The minimum Gasteiger partial charge on any atom is -0.481 e. The third-order valence-electron chi connectivity index (χ3n) is 4.91. The number of para-hydroxylation sites is 1. The molecule has 0 aliphatic rings. The van der Waals surface area contributed by atoms with Crippen LogP contribution in [0.3, 0.4) is 0 Å². The molecule has 9 heteroatoms. The van der Waals surface area contributed by atoms with Crippen LogP contribution in [0.15, 0.2) is 60.9 Å². The van der Waals surface area contributed by atoms with Crippen molar-refractivity contribution in [2.75, 3.05) is 17.6 Å². The van der Waals surface area contributed by atoms with Gasteiger partial charge in [-0.05, 0) is 49.7 Å². The Hall–Kier alpha value is -3.33. The van der Waals surface area contributed by atoms with Gasteiger partial charge in [0.1, 0.15) is 11.6 Å². The molecule has 1 aromatic heterocycles. The third-order valence-corrected chi connectivity index (χ3v) is 6.12. The highest BCUT2D eigenvalue weighted by Gasteiger charge is 2.16. The Morgan fingerprint density at radius 3 is 2.48 bits per heavy atom. The van der Waals surface area contributed by atoms with Gasteiger partial charge >= 0.3 is 0 Å². The van der Waals surface area contributed by atoms with Gasteiger partial charge in [0, 0.05) is 26.0 Å². The first-order valence-corrected chi connectivity index (χ1v) is 11.6. The van der Waals surface area contributed by atoms with Crippen molar-refractivity contribution in [2.45, 2.75) is 26.5 Å². The molecule has 0 saturated carbocycles. The van der Waals surface area contributed by atoms with Gasteiger partial charge in [0.05, 0.1) is 17.6 Å². The highest BCUT2D eigenvalue weighted by atomic mass is 32.2. The van der Waals surface area contributed by atoms with E-state index >= 15 is 0 Å². The number of rotatable bonds is 8. The quantitative estimate of drug-likeness (QED) is 0.579. The number of nitrogens with one attached hydrogen (secondary N) is 1. The first-order chi connectivity index (χ1) is 14.7. The number of aryl methyl sites for hydroxylation is 1. The second-order valence-electron chi connectivity index (χ2n) is 7.18. The van der Waals surface area contributed by atoms with Crippen LogP contribution < -0.4 is 14.4 Å². The number of carbonyl (C=O) groups excluding carboxylic acids is 1. The van der Waals surface area contributed by atoms with Crippen LogP contribution in [0.4, 0.5) is 5.69 Å². The van der Waals surface area contributed by atoms with Gasteiger partial charge in [-0.25, -0.2) is 13.4 Å². The van der Waals surface area contributed by atoms with E-state index in [1.54, 1.807) is 37.4 Å². The summed E-state index contributed by atoms with van der Waals surface area (Å²) in [5.74, 6) is 1.08. The molecule has 3 rings (SSSR count). The van der Waals surface area contributed by atoms with Gasteiger partial charge in [-0.1, -0.05) is 18.2 Å². The molecular formula is C22H26N4O4S. The molecule has 1 unspecified atom stereocenters. The van der Waals surface area contributed by atoms with Gasteiger partial charge in [0.2, 0.25) is 10.0 Å². The van der Waals surface area contributed by atoms with Crippen LogP contribution in [0.25, 0.3) is 5.69 Å². The fourth-order valence-electron chi connectivity index (χ4n) is 3.04. The first-order valence-electron chi connectivity index (χ1n) is 9.73. The molecule has 3 aromatic rings. The Kier molecular flexibility index (Phi) is 6.65. The maximum atomic E-state index is 12.5. The Bertz CT molecular complexity index is 1160. The van der Waals surface area contributed by atoms with Crippen LogP contribution >= 0.6 is 0 Å². The van der Waals surface area contributed by atoms with E-state index < -0.39 is 16.1 Å². The van der Waals surface area contributed by atoms with E-state index in [1.807, 2.05) is 42.0 Å². The van der Waals surface area contributed by atoms with E-state index in [0.29, 0.717) is 18.0 Å². The van der Waals surface area contributed by atoms with Crippen molar-refractivity contribution in [3.8, 4) is 11.4 Å². The molecule has 1 heterocycles. The van der Waals surface area contributed by atoms with E-state index in [4.69, 9.17) is 4.74 Å². The van der Waals surface area contributed by atoms with E-state index in [-0.39, 0.29) is 5.91 Å². The number of sulfonamides is 1. The zero-order valence-electron chi connectivity index (χ0n) is 17.9. The summed E-state index contributed by atoms with van der Waals surface area (Å²) in [6, 6.07) is 14.3. The molecule has 0 fully saturated rings. The lowest BCUT2D eigenvalue weighted by molar-refractivity contribution is -0.127. The highest BCUT2D eigenvalue weighted by molar-refractivity contribution is 7.92. The fraction of sp³-hybridized carbons (Fsp3) is 0.273. The van der Waals surface area contributed by atoms with Crippen molar-refractivity contribution in [3.05, 3.63) is 72.3 Å². The van der Waals surface area contributed by atoms with E-state index in [0.717, 1.165) is 23.3 Å². The average molecular weight is 443 g/mol. The molecular weight excluding hydrogens is 416 g/mol. The molecule has 8 nitrogen and oxygen atoms in total. The number of imidazole rings is 1. The molecule has 0 bridgehead atoms. The van der Waals surface area contributed by atoms with Crippen molar-refractivity contribution >= 4 is 21.6 Å². The Labute approximate surface area is 182 Å². The monoisotopic (exact) mass is 442 g/mol. The number of hydrogen-bond acceptors (Lipinski definition) is 5. The smallest absolute Gasteiger partial charge is 0.261 e. The Morgan fingerprint density at radius 2 is 1.87 bits per heavy atom. The molecule has 31 heavy (non-hydrogen) atoms. The van der Waals surface area contributed by atoms with Gasteiger partial charge in [0.15, 0.2) is 6.10 Å². The van der Waals surface area contributed by atoms with Gasteiger partial charge in [0.25, 0.3) is 5.91 Å². The van der Waals surface area contributed by atoms with Gasteiger partial charge in [-0.15, -0.1) is 0 Å². The van der Waals surface area contributed by atoms with Crippen molar-refractivity contribution in [2.24, 2.45) is 0 Å². The number of benzene rings is 2.